The van der Waals surface area contributed by atoms with Gasteiger partial charge in [-0.25, -0.2) is 9.50 Å². The Kier molecular flexibility index (Phi) is 6.98. The SMILES string of the molecule is C[C@@H](CC(F)(F)F)Nc1ncc2c(-c3cncc(C(=O)N(C)C)c3)cc([C@H]3CC[C@H](O)CC3)n2n1. The molecule has 8 nitrogen and oxygen atoms in total. The number of pyridine rings is 1. The zero-order valence-corrected chi connectivity index (χ0v) is 19.9. The van der Waals surface area contributed by atoms with Gasteiger partial charge in [0.25, 0.3) is 5.91 Å². The van der Waals surface area contributed by atoms with E-state index in [0.717, 1.165) is 24.1 Å². The Balaban J connectivity index is 1.76. The summed E-state index contributed by atoms with van der Waals surface area (Å²) in [6, 6.07) is 2.85. The number of halogens is 3. The van der Waals surface area contributed by atoms with Crippen molar-refractivity contribution < 1.29 is 23.1 Å². The van der Waals surface area contributed by atoms with Gasteiger partial charge in [0.05, 0.1) is 29.8 Å². The molecule has 2 N–H and O–H groups in total. The Hall–Kier alpha value is -3.21. The van der Waals surface area contributed by atoms with E-state index in [9.17, 15) is 23.1 Å². The molecule has 4 rings (SSSR count). The first kappa shape index (κ1) is 24.9. The number of hydrogen-bond donors (Lipinski definition) is 2. The van der Waals surface area contributed by atoms with E-state index < -0.39 is 18.6 Å². The standard InChI is InChI=1S/C24H29F3N6O2/c1-14(10-24(25,26)27)30-23-29-13-21-19(16-8-17(12-28-11-16)22(35)32(2)3)9-20(33(21)31-23)15-4-6-18(34)7-5-15/h8-9,11-15,18,34H,4-7,10H2,1-3H3,(H,30,31)/t14-,15-,18-/m0/s1. The van der Waals surface area contributed by atoms with E-state index in [1.807, 2.05) is 6.07 Å². The van der Waals surface area contributed by atoms with Crippen molar-refractivity contribution >= 4 is 17.4 Å². The number of alkyl halides is 3. The van der Waals surface area contributed by atoms with Gasteiger partial charge < -0.3 is 15.3 Å². The Bertz CT molecular complexity index is 1200. The van der Waals surface area contributed by atoms with Gasteiger partial charge in [0.15, 0.2) is 0 Å². The van der Waals surface area contributed by atoms with Gasteiger partial charge in [0.2, 0.25) is 5.95 Å². The van der Waals surface area contributed by atoms with Crippen LogP contribution < -0.4 is 5.32 Å². The summed E-state index contributed by atoms with van der Waals surface area (Å²) in [5, 5.41) is 17.2. The molecule has 1 aliphatic carbocycles. The smallest absolute Gasteiger partial charge is 0.391 e. The quantitative estimate of drug-likeness (QED) is 0.536. The molecule has 3 heterocycles. The fourth-order valence-corrected chi connectivity index (χ4v) is 4.56. The number of nitrogens with one attached hydrogen (secondary N) is 1. The molecular weight excluding hydrogens is 461 g/mol. The maximum absolute atomic E-state index is 12.8. The van der Waals surface area contributed by atoms with E-state index >= 15 is 0 Å². The molecule has 1 saturated carbocycles. The van der Waals surface area contributed by atoms with Crippen molar-refractivity contribution in [3.05, 3.63) is 42.0 Å². The van der Waals surface area contributed by atoms with Crippen molar-refractivity contribution in [1.29, 1.82) is 0 Å². The number of nitrogens with zero attached hydrogens (tertiary/aromatic N) is 5. The molecule has 1 aliphatic rings. The summed E-state index contributed by atoms with van der Waals surface area (Å²) in [5.41, 5.74) is 3.49. The third-order valence-electron chi connectivity index (χ3n) is 6.28. The van der Waals surface area contributed by atoms with Crippen LogP contribution in [-0.2, 0) is 0 Å². The fourth-order valence-electron chi connectivity index (χ4n) is 4.56. The molecule has 0 saturated heterocycles. The summed E-state index contributed by atoms with van der Waals surface area (Å²) in [6.07, 6.45) is 1.98. The molecule has 0 aliphatic heterocycles. The highest BCUT2D eigenvalue weighted by Gasteiger charge is 2.31. The van der Waals surface area contributed by atoms with Gasteiger partial charge in [-0.2, -0.15) is 13.2 Å². The summed E-state index contributed by atoms with van der Waals surface area (Å²) in [6.45, 7) is 1.44. The maximum Gasteiger partial charge on any atom is 0.391 e. The van der Waals surface area contributed by atoms with E-state index in [1.54, 1.807) is 37.1 Å². The number of fused-ring (bicyclic) bond motifs is 1. The van der Waals surface area contributed by atoms with Gasteiger partial charge in [0.1, 0.15) is 0 Å². The van der Waals surface area contributed by atoms with Gasteiger partial charge in [-0.1, -0.05) is 0 Å². The molecule has 11 heteroatoms. The fraction of sp³-hybridized carbons (Fsp3) is 0.500. The summed E-state index contributed by atoms with van der Waals surface area (Å²) < 4.78 is 40.1. The molecule has 188 valence electrons. The summed E-state index contributed by atoms with van der Waals surface area (Å²) in [5.74, 6) is 0.0449. The van der Waals surface area contributed by atoms with Gasteiger partial charge in [-0.3, -0.25) is 9.78 Å². The van der Waals surface area contributed by atoms with Gasteiger partial charge in [-0.15, -0.1) is 5.10 Å². The van der Waals surface area contributed by atoms with Crippen LogP contribution >= 0.6 is 0 Å². The molecule has 0 bridgehead atoms. The number of anilines is 1. The largest absolute Gasteiger partial charge is 0.393 e. The van der Waals surface area contributed by atoms with Crippen LogP contribution in [0, 0.1) is 0 Å². The number of carbonyl (C=O) groups is 1. The number of hydrogen-bond acceptors (Lipinski definition) is 6. The van der Waals surface area contributed by atoms with E-state index in [4.69, 9.17) is 0 Å². The Morgan fingerprint density at radius 1 is 1.20 bits per heavy atom. The molecule has 0 aromatic carbocycles. The lowest BCUT2D eigenvalue weighted by atomic mass is 9.85. The van der Waals surface area contributed by atoms with E-state index in [1.165, 1.54) is 18.0 Å². The zero-order chi connectivity index (χ0) is 25.3. The third kappa shape index (κ3) is 5.72. The van der Waals surface area contributed by atoms with Crippen LogP contribution in [-0.4, -0.2) is 67.9 Å². The first-order valence-corrected chi connectivity index (χ1v) is 11.6. The van der Waals surface area contributed by atoms with Crippen LogP contribution in [0.4, 0.5) is 19.1 Å². The molecule has 0 radical (unpaired) electrons. The molecular formula is C24H29F3N6O2. The number of aliphatic hydroxyl groups excluding tert-OH is 1. The summed E-state index contributed by atoms with van der Waals surface area (Å²) in [7, 11) is 3.33. The van der Waals surface area contributed by atoms with E-state index in [-0.39, 0.29) is 23.9 Å². The van der Waals surface area contributed by atoms with Gasteiger partial charge in [-0.05, 0) is 44.7 Å². The van der Waals surface area contributed by atoms with E-state index in [0.29, 0.717) is 29.5 Å². The van der Waals surface area contributed by atoms with Gasteiger partial charge >= 0.3 is 6.18 Å². The number of amides is 1. The van der Waals surface area contributed by atoms with Crippen LogP contribution in [0.15, 0.2) is 30.7 Å². The lowest BCUT2D eigenvalue weighted by Crippen LogP contribution is -2.25. The maximum atomic E-state index is 12.8. The monoisotopic (exact) mass is 490 g/mol. The topological polar surface area (TPSA) is 95.7 Å². The van der Waals surface area contributed by atoms with Crippen molar-refractivity contribution in [3.63, 3.8) is 0 Å². The second kappa shape index (κ2) is 9.80. The average molecular weight is 491 g/mol. The van der Waals surface area contributed by atoms with Crippen molar-refractivity contribution in [2.45, 2.75) is 63.3 Å². The van der Waals surface area contributed by atoms with Crippen molar-refractivity contribution in [3.8, 4) is 11.1 Å². The number of rotatable bonds is 6. The molecule has 1 amide bonds. The van der Waals surface area contributed by atoms with Crippen molar-refractivity contribution in [2.24, 2.45) is 0 Å². The summed E-state index contributed by atoms with van der Waals surface area (Å²) in [4.78, 5) is 22.5. The molecule has 35 heavy (non-hydrogen) atoms. The van der Waals surface area contributed by atoms with Crippen molar-refractivity contribution in [1.82, 2.24) is 24.5 Å². The predicted molar refractivity (Wildman–Crippen MR) is 125 cm³/mol. The lowest BCUT2D eigenvalue weighted by molar-refractivity contribution is -0.136. The van der Waals surface area contributed by atoms with Crippen LogP contribution in [0.25, 0.3) is 16.6 Å². The van der Waals surface area contributed by atoms with Crippen LogP contribution in [0.5, 0.6) is 0 Å². The number of aliphatic hydroxyl groups is 1. The summed E-state index contributed by atoms with van der Waals surface area (Å²) >= 11 is 0. The second-order valence-corrected chi connectivity index (χ2v) is 9.39. The molecule has 1 fully saturated rings. The minimum Gasteiger partial charge on any atom is -0.393 e. The van der Waals surface area contributed by atoms with Crippen molar-refractivity contribution in [2.75, 3.05) is 19.4 Å². The Morgan fingerprint density at radius 2 is 1.91 bits per heavy atom. The number of carbonyl (C=O) groups excluding carboxylic acids is 1. The third-order valence-corrected chi connectivity index (χ3v) is 6.28. The molecule has 1 atom stereocenters. The molecule has 0 unspecified atom stereocenters. The number of aromatic nitrogens is 4. The van der Waals surface area contributed by atoms with Crippen LogP contribution in [0.3, 0.4) is 0 Å². The minimum absolute atomic E-state index is 0.100. The highest BCUT2D eigenvalue weighted by atomic mass is 19.4. The van der Waals surface area contributed by atoms with Gasteiger partial charge in [0, 0.05) is 55.3 Å². The first-order chi connectivity index (χ1) is 16.5. The second-order valence-electron chi connectivity index (χ2n) is 9.39. The molecule has 3 aromatic heterocycles. The Morgan fingerprint density at radius 3 is 2.57 bits per heavy atom. The first-order valence-electron chi connectivity index (χ1n) is 11.6. The Labute approximate surface area is 201 Å². The normalized spacial score (nSPS) is 19.5. The lowest BCUT2D eigenvalue weighted by Gasteiger charge is -2.25. The molecule has 0 spiro atoms. The zero-order valence-electron chi connectivity index (χ0n) is 19.9. The minimum atomic E-state index is -4.30. The van der Waals surface area contributed by atoms with Crippen LogP contribution in [0.2, 0.25) is 0 Å². The average Bonchev–Trinajstić information content (AvgIpc) is 3.16. The molecule has 3 aromatic rings. The highest BCUT2D eigenvalue weighted by Crippen LogP contribution is 2.37. The van der Waals surface area contributed by atoms with E-state index in [2.05, 4.69) is 20.4 Å². The highest BCUT2D eigenvalue weighted by molar-refractivity contribution is 5.95. The van der Waals surface area contributed by atoms with Crippen LogP contribution in [0.1, 0.15) is 61.0 Å². The predicted octanol–water partition coefficient (Wildman–Crippen LogP) is 4.26.